The topological polar surface area (TPSA) is 75.9 Å². The van der Waals surface area contributed by atoms with Gasteiger partial charge in [-0.05, 0) is 24.3 Å². The van der Waals surface area contributed by atoms with Crippen LogP contribution in [0.2, 0.25) is 0 Å². The Labute approximate surface area is 179 Å². The van der Waals surface area contributed by atoms with Crippen molar-refractivity contribution in [1.82, 2.24) is 24.7 Å². The standard InChI is InChI=1S/C23H22N6O2/c1-31-19-10-6-5-9-18(19)23(30)28-15-13-27(14-16-28)21-12-11-20-24-25-22(29(20)26-21)17-7-3-2-4-8-17/h2-12H,13-16H2,1H3. The fourth-order valence-electron chi connectivity index (χ4n) is 3.85. The number of carbonyl (C=O) groups is 1. The maximum Gasteiger partial charge on any atom is 0.257 e. The van der Waals surface area contributed by atoms with Crippen LogP contribution in [0.3, 0.4) is 0 Å². The average molecular weight is 414 g/mol. The van der Waals surface area contributed by atoms with Crippen LogP contribution in [-0.2, 0) is 0 Å². The fraction of sp³-hybridized carbons (Fsp3) is 0.217. The number of piperazine rings is 1. The molecular formula is C23H22N6O2. The smallest absolute Gasteiger partial charge is 0.257 e. The van der Waals surface area contributed by atoms with Crippen molar-refractivity contribution < 1.29 is 9.53 Å². The van der Waals surface area contributed by atoms with E-state index >= 15 is 0 Å². The van der Waals surface area contributed by atoms with Crippen molar-refractivity contribution in [3.05, 3.63) is 72.3 Å². The molecule has 31 heavy (non-hydrogen) atoms. The summed E-state index contributed by atoms with van der Waals surface area (Å²) in [6.07, 6.45) is 0. The molecule has 1 aliphatic rings. The summed E-state index contributed by atoms with van der Waals surface area (Å²) in [5.74, 6) is 2.14. The lowest BCUT2D eigenvalue weighted by Crippen LogP contribution is -2.49. The van der Waals surface area contributed by atoms with Crippen LogP contribution in [0, 0.1) is 0 Å². The van der Waals surface area contributed by atoms with Gasteiger partial charge in [0.2, 0.25) is 0 Å². The molecule has 0 N–H and O–H groups in total. The van der Waals surface area contributed by atoms with Crippen molar-refractivity contribution >= 4 is 17.4 Å². The van der Waals surface area contributed by atoms with Gasteiger partial charge in [0.15, 0.2) is 11.5 Å². The van der Waals surface area contributed by atoms with Gasteiger partial charge in [0.05, 0.1) is 12.7 Å². The number of para-hydroxylation sites is 1. The molecule has 1 fully saturated rings. The summed E-state index contributed by atoms with van der Waals surface area (Å²) in [5.41, 5.74) is 2.26. The van der Waals surface area contributed by atoms with Gasteiger partial charge < -0.3 is 14.5 Å². The first-order chi connectivity index (χ1) is 15.2. The first-order valence-corrected chi connectivity index (χ1v) is 10.2. The summed E-state index contributed by atoms with van der Waals surface area (Å²) >= 11 is 0. The molecule has 5 rings (SSSR count). The molecule has 3 heterocycles. The second-order valence-electron chi connectivity index (χ2n) is 7.33. The van der Waals surface area contributed by atoms with Gasteiger partial charge in [0.1, 0.15) is 11.6 Å². The Morgan fingerprint density at radius 2 is 1.61 bits per heavy atom. The Balaban J connectivity index is 1.34. The molecule has 0 bridgehead atoms. The summed E-state index contributed by atoms with van der Waals surface area (Å²) in [7, 11) is 1.58. The highest BCUT2D eigenvalue weighted by Crippen LogP contribution is 2.22. The van der Waals surface area contributed by atoms with E-state index < -0.39 is 0 Å². The van der Waals surface area contributed by atoms with E-state index in [-0.39, 0.29) is 5.91 Å². The van der Waals surface area contributed by atoms with Gasteiger partial charge in [-0.3, -0.25) is 4.79 Å². The third-order valence-corrected chi connectivity index (χ3v) is 5.51. The van der Waals surface area contributed by atoms with E-state index in [2.05, 4.69) is 15.1 Å². The number of anilines is 1. The van der Waals surface area contributed by atoms with E-state index in [9.17, 15) is 4.79 Å². The lowest BCUT2D eigenvalue weighted by Gasteiger charge is -2.35. The number of amides is 1. The van der Waals surface area contributed by atoms with Gasteiger partial charge in [-0.25, -0.2) is 0 Å². The quantitative estimate of drug-likeness (QED) is 0.511. The summed E-state index contributed by atoms with van der Waals surface area (Å²) in [6.45, 7) is 2.62. The summed E-state index contributed by atoms with van der Waals surface area (Å²) in [6, 6.07) is 21.1. The van der Waals surface area contributed by atoms with E-state index in [1.165, 1.54) is 0 Å². The Kier molecular flexibility index (Phi) is 4.95. The number of methoxy groups -OCH3 is 1. The molecule has 0 aliphatic carbocycles. The number of nitrogens with zero attached hydrogens (tertiary/aromatic N) is 6. The zero-order valence-electron chi connectivity index (χ0n) is 17.2. The molecule has 4 aromatic rings. The first kappa shape index (κ1) is 19.0. The minimum absolute atomic E-state index is 0.00863. The normalized spacial score (nSPS) is 14.1. The number of benzene rings is 2. The lowest BCUT2D eigenvalue weighted by molar-refractivity contribution is 0.0743. The first-order valence-electron chi connectivity index (χ1n) is 10.2. The predicted molar refractivity (Wildman–Crippen MR) is 117 cm³/mol. The van der Waals surface area contributed by atoms with Crippen molar-refractivity contribution in [2.45, 2.75) is 0 Å². The van der Waals surface area contributed by atoms with Crippen LogP contribution in [0.4, 0.5) is 5.82 Å². The highest BCUT2D eigenvalue weighted by Gasteiger charge is 2.25. The van der Waals surface area contributed by atoms with Crippen LogP contribution < -0.4 is 9.64 Å². The average Bonchev–Trinajstić information content (AvgIpc) is 3.27. The number of hydrogen-bond donors (Lipinski definition) is 0. The molecule has 1 aliphatic heterocycles. The van der Waals surface area contributed by atoms with Crippen LogP contribution >= 0.6 is 0 Å². The largest absolute Gasteiger partial charge is 0.496 e. The number of rotatable bonds is 4. The van der Waals surface area contributed by atoms with E-state index in [1.807, 2.05) is 65.6 Å². The minimum atomic E-state index is -0.00863. The van der Waals surface area contributed by atoms with Crippen LogP contribution in [0.5, 0.6) is 5.75 Å². The Morgan fingerprint density at radius 3 is 2.39 bits per heavy atom. The number of hydrogen-bond acceptors (Lipinski definition) is 6. The van der Waals surface area contributed by atoms with Crippen LogP contribution in [-0.4, -0.2) is 63.9 Å². The third kappa shape index (κ3) is 3.56. The highest BCUT2D eigenvalue weighted by atomic mass is 16.5. The van der Waals surface area contributed by atoms with E-state index in [1.54, 1.807) is 17.7 Å². The van der Waals surface area contributed by atoms with Crippen molar-refractivity contribution in [3.8, 4) is 17.1 Å². The molecule has 0 saturated carbocycles. The third-order valence-electron chi connectivity index (χ3n) is 5.51. The van der Waals surface area contributed by atoms with Gasteiger partial charge in [-0.15, -0.1) is 15.3 Å². The highest BCUT2D eigenvalue weighted by molar-refractivity contribution is 5.97. The zero-order valence-corrected chi connectivity index (χ0v) is 17.2. The van der Waals surface area contributed by atoms with Gasteiger partial charge in [-0.1, -0.05) is 42.5 Å². The molecule has 0 spiro atoms. The van der Waals surface area contributed by atoms with Gasteiger partial charge in [0, 0.05) is 31.7 Å². The van der Waals surface area contributed by atoms with E-state index in [0.717, 1.165) is 11.4 Å². The van der Waals surface area contributed by atoms with Gasteiger partial charge >= 0.3 is 0 Å². The second-order valence-corrected chi connectivity index (χ2v) is 7.33. The predicted octanol–water partition coefficient (Wildman–Crippen LogP) is 2.76. The second kappa shape index (κ2) is 8.06. The number of fused-ring (bicyclic) bond motifs is 1. The maximum atomic E-state index is 13.0. The molecule has 2 aromatic heterocycles. The number of aromatic nitrogens is 4. The molecule has 1 saturated heterocycles. The zero-order chi connectivity index (χ0) is 21.2. The molecule has 1 amide bonds. The molecule has 0 radical (unpaired) electrons. The van der Waals surface area contributed by atoms with E-state index in [0.29, 0.717) is 49.0 Å². The molecular weight excluding hydrogens is 392 g/mol. The van der Waals surface area contributed by atoms with E-state index in [4.69, 9.17) is 9.84 Å². The van der Waals surface area contributed by atoms with Crippen molar-refractivity contribution in [1.29, 1.82) is 0 Å². The lowest BCUT2D eigenvalue weighted by atomic mass is 10.1. The monoisotopic (exact) mass is 414 g/mol. The molecule has 2 aromatic carbocycles. The SMILES string of the molecule is COc1ccccc1C(=O)N1CCN(c2ccc3nnc(-c4ccccc4)n3n2)CC1. The van der Waals surface area contributed by atoms with Gasteiger partial charge in [-0.2, -0.15) is 4.52 Å². The Morgan fingerprint density at radius 1 is 0.871 bits per heavy atom. The number of ether oxygens (including phenoxy) is 1. The Hall–Kier alpha value is -3.94. The van der Waals surface area contributed by atoms with Crippen LogP contribution in [0.1, 0.15) is 10.4 Å². The van der Waals surface area contributed by atoms with Crippen LogP contribution in [0.15, 0.2) is 66.7 Å². The maximum absolute atomic E-state index is 13.0. The molecule has 0 unspecified atom stereocenters. The van der Waals surface area contributed by atoms with Crippen LogP contribution in [0.25, 0.3) is 17.0 Å². The Bertz CT molecular complexity index is 1220. The van der Waals surface area contributed by atoms with Crippen molar-refractivity contribution in [2.24, 2.45) is 0 Å². The summed E-state index contributed by atoms with van der Waals surface area (Å²) in [5, 5.41) is 13.3. The molecule has 156 valence electrons. The van der Waals surface area contributed by atoms with Crippen molar-refractivity contribution in [2.75, 3.05) is 38.2 Å². The number of carbonyl (C=O) groups excluding carboxylic acids is 1. The summed E-state index contributed by atoms with van der Waals surface area (Å²) in [4.78, 5) is 17.0. The molecule has 0 atom stereocenters. The van der Waals surface area contributed by atoms with Gasteiger partial charge in [0.25, 0.3) is 5.91 Å². The minimum Gasteiger partial charge on any atom is -0.496 e. The molecule has 8 nitrogen and oxygen atoms in total. The molecule has 8 heteroatoms. The fourth-order valence-corrected chi connectivity index (χ4v) is 3.85. The summed E-state index contributed by atoms with van der Waals surface area (Å²) < 4.78 is 7.12. The van der Waals surface area contributed by atoms with Crippen molar-refractivity contribution in [3.63, 3.8) is 0 Å².